The second-order valence-electron chi connectivity index (χ2n) is 3.18. The molecule has 1 heterocycles. The van der Waals surface area contributed by atoms with Crippen LogP contribution < -0.4 is 0 Å². The Morgan fingerprint density at radius 2 is 1.47 bits per heavy atom. The summed E-state index contributed by atoms with van der Waals surface area (Å²) in [5.41, 5.74) is -5.40. The van der Waals surface area contributed by atoms with Crippen molar-refractivity contribution in [3.63, 3.8) is 0 Å². The summed E-state index contributed by atoms with van der Waals surface area (Å²) >= 11 is 2.86. The van der Waals surface area contributed by atoms with Crippen molar-refractivity contribution in [1.82, 2.24) is 4.31 Å². The predicted molar refractivity (Wildman–Crippen MR) is 71.1 cm³/mol. The topological polar surface area (TPSA) is 71.5 Å². The predicted octanol–water partition coefficient (Wildman–Crippen LogP) is 1.09. The molecule has 0 aromatic heterocycles. The molecule has 1 rings (SSSR count). The third-order valence-corrected chi connectivity index (χ3v) is 10.4. The van der Waals surface area contributed by atoms with Gasteiger partial charge < -0.3 is 0 Å². The van der Waals surface area contributed by atoms with Crippen LogP contribution in [0.15, 0.2) is 0 Å². The molecule has 0 aromatic rings. The molecule has 0 amide bonds. The summed E-state index contributed by atoms with van der Waals surface area (Å²) in [5, 5.41) is 0. The van der Waals surface area contributed by atoms with Gasteiger partial charge in [0.05, 0.1) is 0 Å². The van der Waals surface area contributed by atoms with Crippen molar-refractivity contribution in [3.05, 3.63) is 0 Å². The molecule has 1 saturated heterocycles. The number of halogens is 5. The minimum absolute atomic E-state index is 0.169. The van der Waals surface area contributed by atoms with Gasteiger partial charge in [0.1, 0.15) is 6.51 Å². The Balaban J connectivity index is 3.08. The summed E-state index contributed by atoms with van der Waals surface area (Å²) in [6.45, 7) is -1.35. The van der Waals surface area contributed by atoms with Gasteiger partial charge in [-0.1, -0.05) is 45.2 Å². The van der Waals surface area contributed by atoms with E-state index >= 15 is 0 Å². The van der Waals surface area contributed by atoms with Gasteiger partial charge in [-0.2, -0.15) is 17.5 Å². The Kier molecular flexibility index (Phi) is 4.66. The van der Waals surface area contributed by atoms with E-state index in [0.717, 1.165) is 0 Å². The Bertz CT molecular complexity index is 484. The lowest BCUT2D eigenvalue weighted by atomic mass is 10.6. The standard InChI is InChI=1S/C5H6F3I2NO4S2/c6-5(7,8)17(14,15)11-1-3(9)16(12,13)4(10)2-11/h3-4H,1-2H2. The Labute approximate surface area is 123 Å². The van der Waals surface area contributed by atoms with Crippen LogP contribution in [-0.2, 0) is 19.9 Å². The van der Waals surface area contributed by atoms with Gasteiger partial charge in [0, 0.05) is 13.1 Å². The van der Waals surface area contributed by atoms with Crippen molar-refractivity contribution in [2.24, 2.45) is 0 Å². The number of alkyl halides is 5. The highest BCUT2D eigenvalue weighted by atomic mass is 127. The third kappa shape index (κ3) is 3.00. The van der Waals surface area contributed by atoms with Crippen molar-refractivity contribution in [3.8, 4) is 0 Å². The SMILES string of the molecule is O=S1(=O)C(I)CN(S(=O)(=O)C(F)(F)F)CC1I. The van der Waals surface area contributed by atoms with Gasteiger partial charge in [-0.3, -0.25) is 0 Å². The van der Waals surface area contributed by atoms with E-state index in [1.807, 2.05) is 0 Å². The van der Waals surface area contributed by atoms with E-state index < -0.39 is 45.0 Å². The average molecular weight is 519 g/mol. The number of sulfone groups is 1. The summed E-state index contributed by atoms with van der Waals surface area (Å²) in [6.07, 6.45) is 0. The first-order valence-electron chi connectivity index (χ1n) is 3.98. The lowest BCUT2D eigenvalue weighted by Gasteiger charge is -2.32. The van der Waals surface area contributed by atoms with E-state index in [4.69, 9.17) is 0 Å². The van der Waals surface area contributed by atoms with E-state index in [-0.39, 0.29) is 4.31 Å². The molecule has 1 aliphatic rings. The van der Waals surface area contributed by atoms with Crippen LogP contribution in [0, 0.1) is 0 Å². The van der Waals surface area contributed by atoms with Gasteiger partial charge in [0.2, 0.25) is 0 Å². The largest absolute Gasteiger partial charge is 0.511 e. The van der Waals surface area contributed by atoms with Crippen LogP contribution in [0.5, 0.6) is 0 Å². The zero-order valence-corrected chi connectivity index (χ0v) is 13.8. The molecule has 17 heavy (non-hydrogen) atoms. The molecule has 0 spiro atoms. The summed E-state index contributed by atoms with van der Waals surface area (Å²) in [4.78, 5) is 0. The van der Waals surface area contributed by atoms with Crippen LogP contribution in [0.1, 0.15) is 0 Å². The first-order valence-corrected chi connectivity index (χ1v) is 9.52. The molecule has 1 fully saturated rings. The minimum Gasteiger partial charge on any atom is -0.227 e. The van der Waals surface area contributed by atoms with E-state index in [2.05, 4.69) is 0 Å². The van der Waals surface area contributed by atoms with Crippen molar-refractivity contribution >= 4 is 65.0 Å². The van der Waals surface area contributed by atoms with E-state index in [1.165, 1.54) is 45.2 Å². The molecule has 5 nitrogen and oxygen atoms in total. The molecular weight excluding hydrogens is 513 g/mol. The number of hydrogen-bond donors (Lipinski definition) is 0. The molecule has 0 aromatic carbocycles. The smallest absolute Gasteiger partial charge is 0.227 e. The summed E-state index contributed by atoms with van der Waals surface area (Å²) in [7, 11) is -9.04. The molecule has 0 saturated carbocycles. The van der Waals surface area contributed by atoms with Crippen LogP contribution in [0.25, 0.3) is 0 Å². The summed E-state index contributed by atoms with van der Waals surface area (Å²) in [6, 6.07) is 0. The summed E-state index contributed by atoms with van der Waals surface area (Å²) < 4.78 is 79.9. The number of sulfonamides is 1. The molecule has 2 unspecified atom stereocenters. The van der Waals surface area contributed by atoms with Gasteiger partial charge in [0.15, 0.2) is 9.84 Å². The maximum Gasteiger partial charge on any atom is 0.511 e. The van der Waals surface area contributed by atoms with Crippen LogP contribution in [0.3, 0.4) is 0 Å². The normalized spacial score (nSPS) is 31.4. The van der Waals surface area contributed by atoms with Gasteiger partial charge in [-0.05, 0) is 0 Å². The molecule has 0 N–H and O–H groups in total. The molecule has 1 aliphatic heterocycles. The van der Waals surface area contributed by atoms with Crippen molar-refractivity contribution in [2.45, 2.75) is 12.0 Å². The molecule has 0 bridgehead atoms. The van der Waals surface area contributed by atoms with Gasteiger partial charge in [-0.15, -0.1) is 0 Å². The monoisotopic (exact) mass is 519 g/mol. The fourth-order valence-corrected chi connectivity index (χ4v) is 8.67. The Morgan fingerprint density at radius 3 is 1.76 bits per heavy atom. The minimum atomic E-state index is -5.46. The second kappa shape index (κ2) is 4.90. The first-order chi connectivity index (χ1) is 7.40. The van der Waals surface area contributed by atoms with Crippen LogP contribution >= 0.6 is 45.2 Å². The highest BCUT2D eigenvalue weighted by Crippen LogP contribution is 2.34. The molecule has 12 heteroatoms. The van der Waals surface area contributed by atoms with Crippen LogP contribution in [0.4, 0.5) is 13.2 Å². The highest BCUT2D eigenvalue weighted by Gasteiger charge is 2.53. The maximum absolute atomic E-state index is 12.3. The summed E-state index contributed by atoms with van der Waals surface area (Å²) in [5.74, 6) is 0. The van der Waals surface area contributed by atoms with Crippen molar-refractivity contribution in [2.75, 3.05) is 13.1 Å². The van der Waals surface area contributed by atoms with E-state index in [0.29, 0.717) is 0 Å². The van der Waals surface area contributed by atoms with Crippen molar-refractivity contribution < 1.29 is 30.0 Å². The average Bonchev–Trinajstić information content (AvgIpc) is 2.12. The molecular formula is C5H6F3I2NO4S2. The van der Waals surface area contributed by atoms with Crippen LogP contribution in [0.2, 0.25) is 0 Å². The van der Waals surface area contributed by atoms with Gasteiger partial charge in [0.25, 0.3) is 0 Å². The van der Waals surface area contributed by atoms with Gasteiger partial charge in [-0.25, -0.2) is 16.8 Å². The molecule has 0 radical (unpaired) electrons. The third-order valence-electron chi connectivity index (χ3n) is 2.04. The number of hydrogen-bond acceptors (Lipinski definition) is 4. The maximum atomic E-state index is 12.3. The zero-order valence-electron chi connectivity index (χ0n) is 7.86. The van der Waals surface area contributed by atoms with E-state index in [9.17, 15) is 30.0 Å². The van der Waals surface area contributed by atoms with Crippen molar-refractivity contribution in [1.29, 1.82) is 0 Å². The van der Waals surface area contributed by atoms with Crippen LogP contribution in [-0.4, -0.2) is 46.3 Å². The Morgan fingerprint density at radius 1 is 1.12 bits per heavy atom. The molecule has 0 aliphatic carbocycles. The molecule has 102 valence electrons. The molecule has 2 atom stereocenters. The number of nitrogens with zero attached hydrogens (tertiary/aromatic N) is 1. The first kappa shape index (κ1) is 16.2. The lowest BCUT2D eigenvalue weighted by molar-refractivity contribution is -0.0487. The quantitative estimate of drug-likeness (QED) is 0.385. The van der Waals surface area contributed by atoms with Gasteiger partial charge >= 0.3 is 15.5 Å². The number of rotatable bonds is 1. The fourth-order valence-electron chi connectivity index (χ4n) is 1.11. The van der Waals surface area contributed by atoms with E-state index in [1.54, 1.807) is 0 Å². The fraction of sp³-hybridized carbons (Fsp3) is 1.00. The Hall–Kier alpha value is 1.11. The highest BCUT2D eigenvalue weighted by molar-refractivity contribution is 14.1. The zero-order chi connectivity index (χ0) is 13.6. The second-order valence-corrected chi connectivity index (χ2v) is 12.1. The lowest BCUT2D eigenvalue weighted by Crippen LogP contribution is -2.53.